The molecule has 0 aliphatic carbocycles. The van der Waals surface area contributed by atoms with Gasteiger partial charge in [0.25, 0.3) is 0 Å². The maximum atomic E-state index is 3.97. The Morgan fingerprint density at radius 2 is 2.33 bits per heavy atom. The maximum absolute atomic E-state index is 3.97. The van der Waals surface area contributed by atoms with Gasteiger partial charge in [-0.2, -0.15) is 5.10 Å². The van der Waals surface area contributed by atoms with Crippen molar-refractivity contribution < 1.29 is 0 Å². The fraction of sp³-hybridized carbons (Fsp3) is 0.400. The lowest BCUT2D eigenvalue weighted by Crippen LogP contribution is -2.16. The lowest BCUT2D eigenvalue weighted by atomic mass is 10.2. The van der Waals surface area contributed by atoms with Gasteiger partial charge >= 0.3 is 0 Å². The van der Waals surface area contributed by atoms with E-state index < -0.39 is 0 Å². The Balaban J connectivity index is 1.70. The van der Waals surface area contributed by atoms with Gasteiger partial charge in [0.05, 0.1) is 12.5 Å². The summed E-state index contributed by atoms with van der Waals surface area (Å²) >= 11 is 0. The van der Waals surface area contributed by atoms with Gasteiger partial charge in [0.15, 0.2) is 0 Å². The van der Waals surface area contributed by atoms with Crippen LogP contribution in [0.4, 0.5) is 0 Å². The number of rotatable bonds is 5. The molecule has 0 fully saturated rings. The summed E-state index contributed by atoms with van der Waals surface area (Å²) in [5, 5.41) is 10.2. The molecule has 5 nitrogen and oxygen atoms in total. The predicted molar refractivity (Wildman–Crippen MR) is 57.3 cm³/mol. The van der Waals surface area contributed by atoms with E-state index in [1.54, 1.807) is 6.33 Å². The molecule has 2 rings (SSSR count). The molecule has 0 aromatic carbocycles. The molecule has 0 aliphatic rings. The fourth-order valence-electron chi connectivity index (χ4n) is 1.42. The summed E-state index contributed by atoms with van der Waals surface area (Å²) in [5.74, 6) is 0. The number of aromatic amines is 2. The zero-order chi connectivity index (χ0) is 10.5. The number of nitrogens with zero attached hydrogens (tertiary/aromatic N) is 2. The minimum absolute atomic E-state index is 0.858. The first-order chi connectivity index (χ1) is 7.36. The second kappa shape index (κ2) is 4.75. The number of aryl methyl sites for hydroxylation is 1. The SMILES string of the molecule is Cc1[nH]ncc1CNCCc1cnc[nH]1. The number of nitrogens with one attached hydrogen (secondary N) is 3. The Morgan fingerprint density at radius 1 is 1.40 bits per heavy atom. The standard InChI is InChI=1S/C10H15N5/c1-8-9(5-14-15-8)4-11-3-2-10-6-12-7-13-10/h5-7,11H,2-4H2,1H3,(H,12,13)(H,14,15). The summed E-state index contributed by atoms with van der Waals surface area (Å²) < 4.78 is 0. The minimum atomic E-state index is 0.858. The van der Waals surface area contributed by atoms with E-state index in [2.05, 4.69) is 25.5 Å². The highest BCUT2D eigenvalue weighted by molar-refractivity contribution is 5.13. The zero-order valence-electron chi connectivity index (χ0n) is 8.75. The van der Waals surface area contributed by atoms with Crippen molar-refractivity contribution in [3.8, 4) is 0 Å². The van der Waals surface area contributed by atoms with Crippen molar-refractivity contribution in [3.05, 3.63) is 35.7 Å². The monoisotopic (exact) mass is 205 g/mol. The zero-order valence-corrected chi connectivity index (χ0v) is 8.75. The van der Waals surface area contributed by atoms with Gasteiger partial charge in [0, 0.05) is 42.7 Å². The summed E-state index contributed by atoms with van der Waals surface area (Å²) in [4.78, 5) is 7.04. The van der Waals surface area contributed by atoms with Gasteiger partial charge in [-0.15, -0.1) is 0 Å². The van der Waals surface area contributed by atoms with Crippen LogP contribution in [0.1, 0.15) is 17.0 Å². The summed E-state index contributed by atoms with van der Waals surface area (Å²) in [6.07, 6.45) is 6.38. The van der Waals surface area contributed by atoms with Crippen LogP contribution >= 0.6 is 0 Å². The highest BCUT2D eigenvalue weighted by Crippen LogP contribution is 2.01. The molecule has 2 heterocycles. The molecule has 2 aromatic heterocycles. The van der Waals surface area contributed by atoms with Crippen LogP contribution in [0.25, 0.3) is 0 Å². The molecule has 0 radical (unpaired) electrons. The average molecular weight is 205 g/mol. The van der Waals surface area contributed by atoms with E-state index in [1.807, 2.05) is 19.3 Å². The predicted octanol–water partition coefficient (Wildman–Crippen LogP) is 0.774. The maximum Gasteiger partial charge on any atom is 0.0921 e. The first kappa shape index (κ1) is 9.92. The number of hydrogen-bond donors (Lipinski definition) is 3. The van der Waals surface area contributed by atoms with Crippen LogP contribution in [-0.4, -0.2) is 26.7 Å². The Bertz CT molecular complexity index is 390. The number of H-pyrrole nitrogens is 2. The van der Waals surface area contributed by atoms with Crippen molar-refractivity contribution in [1.29, 1.82) is 0 Å². The van der Waals surface area contributed by atoms with Gasteiger partial charge in [-0.25, -0.2) is 4.98 Å². The summed E-state index contributed by atoms with van der Waals surface area (Å²) in [7, 11) is 0. The Morgan fingerprint density at radius 3 is 3.00 bits per heavy atom. The van der Waals surface area contributed by atoms with Crippen molar-refractivity contribution in [2.45, 2.75) is 19.9 Å². The van der Waals surface area contributed by atoms with Crippen LogP contribution in [0.5, 0.6) is 0 Å². The van der Waals surface area contributed by atoms with Crippen molar-refractivity contribution >= 4 is 0 Å². The van der Waals surface area contributed by atoms with Crippen molar-refractivity contribution in [1.82, 2.24) is 25.5 Å². The second-order valence-electron chi connectivity index (χ2n) is 3.52. The van der Waals surface area contributed by atoms with Crippen LogP contribution in [0.15, 0.2) is 18.7 Å². The van der Waals surface area contributed by atoms with Gasteiger partial charge in [-0.05, 0) is 6.92 Å². The van der Waals surface area contributed by atoms with E-state index >= 15 is 0 Å². The van der Waals surface area contributed by atoms with E-state index in [4.69, 9.17) is 0 Å². The Kier molecular flexibility index (Phi) is 3.14. The molecule has 3 N–H and O–H groups in total. The van der Waals surface area contributed by atoms with E-state index in [0.717, 1.165) is 30.9 Å². The largest absolute Gasteiger partial charge is 0.348 e. The van der Waals surface area contributed by atoms with Crippen molar-refractivity contribution in [2.24, 2.45) is 0 Å². The van der Waals surface area contributed by atoms with E-state index in [1.165, 1.54) is 5.56 Å². The second-order valence-corrected chi connectivity index (χ2v) is 3.52. The van der Waals surface area contributed by atoms with Gasteiger partial charge in [-0.1, -0.05) is 0 Å². The van der Waals surface area contributed by atoms with Gasteiger partial charge < -0.3 is 10.3 Å². The van der Waals surface area contributed by atoms with E-state index in [0.29, 0.717) is 0 Å². The van der Waals surface area contributed by atoms with Gasteiger partial charge in [0.2, 0.25) is 0 Å². The van der Waals surface area contributed by atoms with Crippen LogP contribution in [-0.2, 0) is 13.0 Å². The molecule has 0 unspecified atom stereocenters. The van der Waals surface area contributed by atoms with E-state index in [-0.39, 0.29) is 0 Å². The smallest absolute Gasteiger partial charge is 0.0921 e. The van der Waals surface area contributed by atoms with Crippen molar-refractivity contribution in [3.63, 3.8) is 0 Å². The quantitative estimate of drug-likeness (QED) is 0.632. The number of aromatic nitrogens is 4. The first-order valence-electron chi connectivity index (χ1n) is 5.03. The summed E-state index contributed by atoms with van der Waals surface area (Å²) in [6, 6.07) is 0. The molecule has 80 valence electrons. The molecule has 15 heavy (non-hydrogen) atoms. The topological polar surface area (TPSA) is 69.4 Å². The van der Waals surface area contributed by atoms with Crippen LogP contribution in [0, 0.1) is 6.92 Å². The molecule has 2 aromatic rings. The number of imidazole rings is 1. The number of hydrogen-bond acceptors (Lipinski definition) is 3. The summed E-state index contributed by atoms with van der Waals surface area (Å²) in [6.45, 7) is 3.82. The highest BCUT2D eigenvalue weighted by atomic mass is 15.1. The molecular formula is C10H15N5. The lowest BCUT2D eigenvalue weighted by Gasteiger charge is -2.02. The first-order valence-corrected chi connectivity index (χ1v) is 5.03. The Labute approximate surface area is 88.3 Å². The molecule has 0 spiro atoms. The molecular weight excluding hydrogens is 190 g/mol. The normalized spacial score (nSPS) is 10.7. The third-order valence-corrected chi connectivity index (χ3v) is 2.38. The average Bonchev–Trinajstić information content (AvgIpc) is 2.85. The molecule has 0 aliphatic heterocycles. The Hall–Kier alpha value is -1.62. The molecule has 5 heteroatoms. The molecule has 0 saturated heterocycles. The van der Waals surface area contributed by atoms with Crippen LogP contribution in [0.2, 0.25) is 0 Å². The van der Waals surface area contributed by atoms with Crippen molar-refractivity contribution in [2.75, 3.05) is 6.54 Å². The van der Waals surface area contributed by atoms with Crippen LogP contribution in [0.3, 0.4) is 0 Å². The molecule has 0 saturated carbocycles. The molecule has 0 bridgehead atoms. The fourth-order valence-corrected chi connectivity index (χ4v) is 1.42. The highest BCUT2D eigenvalue weighted by Gasteiger charge is 1.99. The molecule has 0 amide bonds. The lowest BCUT2D eigenvalue weighted by molar-refractivity contribution is 0.679. The third kappa shape index (κ3) is 2.66. The summed E-state index contributed by atoms with van der Waals surface area (Å²) in [5.41, 5.74) is 3.51. The van der Waals surface area contributed by atoms with Gasteiger partial charge in [-0.3, -0.25) is 5.10 Å². The van der Waals surface area contributed by atoms with Crippen LogP contribution < -0.4 is 5.32 Å². The van der Waals surface area contributed by atoms with Gasteiger partial charge in [0.1, 0.15) is 0 Å². The molecule has 0 atom stereocenters. The minimum Gasteiger partial charge on any atom is -0.348 e. The van der Waals surface area contributed by atoms with E-state index in [9.17, 15) is 0 Å². The third-order valence-electron chi connectivity index (χ3n) is 2.38.